The predicted octanol–water partition coefficient (Wildman–Crippen LogP) is 4.67. The average molecular weight is 351 g/mol. The Hall–Kier alpha value is -2.69. The smallest absolute Gasteiger partial charge is 0.274 e. The first-order valence-corrected chi connectivity index (χ1v) is 9.27. The number of anilines is 2. The number of carbonyl (C=O) groups excluding carboxylic acids is 2. The molecule has 0 spiro atoms. The van der Waals surface area contributed by atoms with Gasteiger partial charge in [-0.25, -0.2) is 0 Å². The van der Waals surface area contributed by atoms with Crippen molar-refractivity contribution in [3.8, 4) is 0 Å². The van der Waals surface area contributed by atoms with E-state index in [4.69, 9.17) is 0 Å². The summed E-state index contributed by atoms with van der Waals surface area (Å²) < 4.78 is 0. The quantitative estimate of drug-likeness (QED) is 0.606. The number of hydrogen-bond acceptors (Lipinski definition) is 4. The highest BCUT2D eigenvalue weighted by molar-refractivity contribution is 6.04. The van der Waals surface area contributed by atoms with Crippen LogP contribution in [0.25, 0.3) is 0 Å². The first kappa shape index (κ1) is 18.1. The van der Waals surface area contributed by atoms with Gasteiger partial charge in [-0.05, 0) is 44.0 Å². The number of amides is 1. The monoisotopic (exact) mass is 351 g/mol. The maximum Gasteiger partial charge on any atom is 0.274 e. The highest BCUT2D eigenvalue weighted by Crippen LogP contribution is 2.21. The number of carbonyl (C=O) groups is 2. The van der Waals surface area contributed by atoms with E-state index in [1.54, 1.807) is 36.5 Å². The van der Waals surface area contributed by atoms with E-state index >= 15 is 0 Å². The summed E-state index contributed by atoms with van der Waals surface area (Å²) in [6.45, 7) is 1.51. The van der Waals surface area contributed by atoms with Crippen LogP contribution in [-0.2, 0) is 0 Å². The lowest BCUT2D eigenvalue weighted by atomic mass is 10.1. The SMILES string of the molecule is CC(=O)c1cccc(NC(=O)c2cc(NC3CCCCCC3)ccn2)c1. The van der Waals surface area contributed by atoms with Crippen LogP contribution in [0.15, 0.2) is 42.6 Å². The Bertz CT molecular complexity index is 780. The zero-order valence-corrected chi connectivity index (χ0v) is 15.1. The van der Waals surface area contributed by atoms with Gasteiger partial charge in [0.2, 0.25) is 0 Å². The molecule has 0 bridgehead atoms. The summed E-state index contributed by atoms with van der Waals surface area (Å²) in [6.07, 6.45) is 9.11. The van der Waals surface area contributed by atoms with Gasteiger partial charge < -0.3 is 10.6 Å². The van der Waals surface area contributed by atoms with E-state index in [9.17, 15) is 9.59 Å². The van der Waals surface area contributed by atoms with Gasteiger partial charge in [-0.1, -0.05) is 37.8 Å². The molecule has 2 N–H and O–H groups in total. The summed E-state index contributed by atoms with van der Waals surface area (Å²) in [5, 5.41) is 6.35. The number of ketones is 1. The molecule has 0 aliphatic heterocycles. The van der Waals surface area contributed by atoms with E-state index in [0.29, 0.717) is 23.0 Å². The molecule has 2 aromatic rings. The normalized spacial score (nSPS) is 15.1. The van der Waals surface area contributed by atoms with Crippen LogP contribution in [0, 0.1) is 0 Å². The lowest BCUT2D eigenvalue weighted by Crippen LogP contribution is -2.19. The van der Waals surface area contributed by atoms with Crippen molar-refractivity contribution in [1.82, 2.24) is 4.98 Å². The Kier molecular flexibility index (Phi) is 6.00. The molecular formula is C21H25N3O2. The van der Waals surface area contributed by atoms with Crippen LogP contribution in [0.4, 0.5) is 11.4 Å². The number of benzene rings is 1. The Morgan fingerprint density at radius 2 is 1.77 bits per heavy atom. The van der Waals surface area contributed by atoms with Crippen molar-refractivity contribution in [3.63, 3.8) is 0 Å². The van der Waals surface area contributed by atoms with Crippen molar-refractivity contribution in [3.05, 3.63) is 53.9 Å². The van der Waals surface area contributed by atoms with Gasteiger partial charge in [0.25, 0.3) is 5.91 Å². The molecule has 1 saturated carbocycles. The molecule has 1 aliphatic rings. The van der Waals surface area contributed by atoms with Gasteiger partial charge in [-0.15, -0.1) is 0 Å². The highest BCUT2D eigenvalue weighted by atomic mass is 16.2. The number of hydrogen-bond donors (Lipinski definition) is 2. The zero-order valence-electron chi connectivity index (χ0n) is 15.1. The molecule has 1 aliphatic carbocycles. The molecular weight excluding hydrogens is 326 g/mol. The second-order valence-corrected chi connectivity index (χ2v) is 6.85. The van der Waals surface area contributed by atoms with E-state index in [-0.39, 0.29) is 11.7 Å². The van der Waals surface area contributed by atoms with Crippen molar-refractivity contribution in [2.75, 3.05) is 10.6 Å². The average Bonchev–Trinajstić information content (AvgIpc) is 2.91. The van der Waals surface area contributed by atoms with E-state index in [1.807, 2.05) is 6.07 Å². The molecule has 1 aromatic carbocycles. The molecule has 136 valence electrons. The first-order valence-electron chi connectivity index (χ1n) is 9.27. The molecule has 3 rings (SSSR count). The lowest BCUT2D eigenvalue weighted by molar-refractivity contribution is 0.100. The maximum atomic E-state index is 12.5. The number of aromatic nitrogens is 1. The minimum Gasteiger partial charge on any atom is -0.382 e. The standard InChI is InChI=1S/C21H25N3O2/c1-15(25)16-7-6-10-18(13-16)24-21(26)20-14-19(11-12-22-20)23-17-8-4-2-3-5-9-17/h6-7,10-14,17H,2-5,8-9H2,1H3,(H,22,23)(H,24,26). The molecule has 1 amide bonds. The van der Waals surface area contributed by atoms with Crippen molar-refractivity contribution in [1.29, 1.82) is 0 Å². The molecule has 1 fully saturated rings. The minimum absolute atomic E-state index is 0.0335. The molecule has 0 radical (unpaired) electrons. The van der Waals surface area contributed by atoms with Crippen molar-refractivity contribution >= 4 is 23.1 Å². The van der Waals surface area contributed by atoms with Gasteiger partial charge >= 0.3 is 0 Å². The molecule has 26 heavy (non-hydrogen) atoms. The number of nitrogens with one attached hydrogen (secondary N) is 2. The number of Topliss-reactive ketones (excluding diaryl/α,β-unsaturated/α-hetero) is 1. The van der Waals surface area contributed by atoms with Gasteiger partial charge in [-0.2, -0.15) is 0 Å². The first-order chi connectivity index (χ1) is 12.6. The summed E-state index contributed by atoms with van der Waals surface area (Å²) >= 11 is 0. The van der Waals surface area contributed by atoms with Crippen molar-refractivity contribution in [2.45, 2.75) is 51.5 Å². The third-order valence-electron chi connectivity index (χ3n) is 4.75. The summed E-state index contributed by atoms with van der Waals surface area (Å²) in [7, 11) is 0. The fourth-order valence-electron chi connectivity index (χ4n) is 3.31. The third-order valence-corrected chi connectivity index (χ3v) is 4.75. The summed E-state index contributed by atoms with van der Waals surface area (Å²) in [5.41, 5.74) is 2.44. The number of rotatable bonds is 5. The van der Waals surface area contributed by atoms with Crippen molar-refractivity contribution in [2.24, 2.45) is 0 Å². The van der Waals surface area contributed by atoms with Gasteiger partial charge in [0, 0.05) is 29.2 Å². The number of nitrogens with zero attached hydrogens (tertiary/aromatic N) is 1. The van der Waals surface area contributed by atoms with Gasteiger partial charge in [-0.3, -0.25) is 14.6 Å². The molecule has 5 nitrogen and oxygen atoms in total. The van der Waals surface area contributed by atoms with Crippen LogP contribution in [0.1, 0.15) is 66.3 Å². The Balaban J connectivity index is 1.68. The molecule has 1 heterocycles. The summed E-state index contributed by atoms with van der Waals surface area (Å²) in [4.78, 5) is 28.2. The molecule has 0 saturated heterocycles. The summed E-state index contributed by atoms with van der Waals surface area (Å²) in [5.74, 6) is -0.316. The second-order valence-electron chi connectivity index (χ2n) is 6.85. The van der Waals surface area contributed by atoms with Crippen molar-refractivity contribution < 1.29 is 9.59 Å². The molecule has 0 unspecified atom stereocenters. The van der Waals surface area contributed by atoms with Gasteiger partial charge in [0.05, 0.1) is 0 Å². The van der Waals surface area contributed by atoms with Crippen LogP contribution in [-0.4, -0.2) is 22.7 Å². The largest absolute Gasteiger partial charge is 0.382 e. The Morgan fingerprint density at radius 3 is 2.50 bits per heavy atom. The Morgan fingerprint density at radius 1 is 1.00 bits per heavy atom. The minimum atomic E-state index is -0.282. The van der Waals surface area contributed by atoms with Crippen LogP contribution < -0.4 is 10.6 Å². The highest BCUT2D eigenvalue weighted by Gasteiger charge is 2.14. The summed E-state index contributed by atoms with van der Waals surface area (Å²) in [6, 6.07) is 11.1. The topological polar surface area (TPSA) is 71.1 Å². The second kappa shape index (κ2) is 8.61. The Labute approximate surface area is 154 Å². The van der Waals surface area contributed by atoms with Gasteiger partial charge in [0.1, 0.15) is 5.69 Å². The van der Waals surface area contributed by atoms with E-state index < -0.39 is 0 Å². The number of pyridine rings is 1. The van der Waals surface area contributed by atoms with Crippen LogP contribution in [0.2, 0.25) is 0 Å². The fraction of sp³-hybridized carbons (Fsp3) is 0.381. The van der Waals surface area contributed by atoms with Gasteiger partial charge in [0.15, 0.2) is 5.78 Å². The maximum absolute atomic E-state index is 12.5. The molecule has 0 atom stereocenters. The van der Waals surface area contributed by atoms with Crippen LogP contribution >= 0.6 is 0 Å². The lowest BCUT2D eigenvalue weighted by Gasteiger charge is -2.18. The van der Waals surface area contributed by atoms with E-state index in [0.717, 1.165) is 5.69 Å². The van der Waals surface area contributed by atoms with E-state index in [1.165, 1.54) is 45.4 Å². The zero-order chi connectivity index (χ0) is 18.4. The fourth-order valence-corrected chi connectivity index (χ4v) is 3.31. The van der Waals surface area contributed by atoms with Crippen LogP contribution in [0.5, 0.6) is 0 Å². The van der Waals surface area contributed by atoms with Crippen LogP contribution in [0.3, 0.4) is 0 Å². The van der Waals surface area contributed by atoms with E-state index in [2.05, 4.69) is 15.6 Å². The molecule has 5 heteroatoms. The molecule has 1 aromatic heterocycles. The third kappa shape index (κ3) is 4.91. The predicted molar refractivity (Wildman–Crippen MR) is 104 cm³/mol.